The lowest BCUT2D eigenvalue weighted by Crippen LogP contribution is -2.32. The van der Waals surface area contributed by atoms with Gasteiger partial charge in [0.15, 0.2) is 11.6 Å². The van der Waals surface area contributed by atoms with E-state index in [0.717, 1.165) is 81.0 Å². The summed E-state index contributed by atoms with van der Waals surface area (Å²) in [6.07, 6.45) is 11.4. The van der Waals surface area contributed by atoms with Gasteiger partial charge in [-0.2, -0.15) is 10.2 Å². The summed E-state index contributed by atoms with van der Waals surface area (Å²) in [6.45, 7) is 4.35. The van der Waals surface area contributed by atoms with E-state index < -0.39 is 5.79 Å². The number of nitrogens with zero attached hydrogens (tertiary/aromatic N) is 3. The van der Waals surface area contributed by atoms with E-state index in [0.29, 0.717) is 13.2 Å². The van der Waals surface area contributed by atoms with Crippen LogP contribution in [0, 0.1) is 0 Å². The number of H-pyrrole nitrogens is 1. The smallest absolute Gasteiger partial charge is 0.244 e. The number of carbonyl (C=O) groups is 1. The lowest BCUT2D eigenvalue weighted by atomic mass is 9.99. The van der Waals surface area contributed by atoms with Crippen LogP contribution in [0.3, 0.4) is 0 Å². The molecule has 4 aromatic rings. The second-order valence-corrected chi connectivity index (χ2v) is 11.1. The van der Waals surface area contributed by atoms with Gasteiger partial charge in [0, 0.05) is 43.4 Å². The quantitative estimate of drug-likeness (QED) is 0.357. The van der Waals surface area contributed by atoms with Crippen LogP contribution in [0.1, 0.15) is 59.7 Å². The minimum atomic E-state index is -0.435. The zero-order valence-electron chi connectivity index (χ0n) is 22.3. The van der Waals surface area contributed by atoms with Crippen molar-refractivity contribution in [3.05, 3.63) is 58.9 Å². The fraction of sp³-hybridized carbons (Fsp3) is 0.500. The van der Waals surface area contributed by atoms with Crippen LogP contribution in [0.4, 0.5) is 0 Å². The summed E-state index contributed by atoms with van der Waals surface area (Å²) in [4.78, 5) is 11.6. The molecule has 9 nitrogen and oxygen atoms in total. The Balaban J connectivity index is 0.000000131. The van der Waals surface area contributed by atoms with Crippen molar-refractivity contribution in [2.45, 2.75) is 69.9 Å². The summed E-state index contributed by atoms with van der Waals surface area (Å²) < 4.78 is 25.0. The van der Waals surface area contributed by atoms with Gasteiger partial charge in [0.25, 0.3) is 0 Å². The van der Waals surface area contributed by atoms with Crippen molar-refractivity contribution in [2.24, 2.45) is 0 Å². The molecule has 2 fully saturated rings. The molecule has 0 bridgehead atoms. The molecule has 0 atom stereocenters. The van der Waals surface area contributed by atoms with Gasteiger partial charge in [0.05, 0.1) is 49.9 Å². The van der Waals surface area contributed by atoms with E-state index >= 15 is 0 Å². The Bertz CT molecular complexity index is 1530. The van der Waals surface area contributed by atoms with Gasteiger partial charge in [-0.05, 0) is 72.2 Å². The van der Waals surface area contributed by atoms with Gasteiger partial charge in [-0.25, -0.2) is 4.68 Å². The lowest BCUT2D eigenvalue weighted by molar-refractivity contribution is -0.160. The van der Waals surface area contributed by atoms with Crippen LogP contribution in [-0.4, -0.2) is 63.9 Å². The van der Waals surface area contributed by atoms with Gasteiger partial charge in [-0.15, -0.1) is 0 Å². The van der Waals surface area contributed by atoms with Crippen LogP contribution in [-0.2, 0) is 44.6 Å². The van der Waals surface area contributed by atoms with E-state index in [-0.39, 0.29) is 11.7 Å². The zero-order chi connectivity index (χ0) is 26.5. The van der Waals surface area contributed by atoms with E-state index in [1.165, 1.54) is 39.2 Å². The average Bonchev–Trinajstić information content (AvgIpc) is 3.69. The van der Waals surface area contributed by atoms with Gasteiger partial charge in [-0.3, -0.25) is 9.89 Å². The maximum atomic E-state index is 11.6. The SMILES string of the molecule is CC(=O)n1ncc2cc3c(cc21)CCCC1(C3)OCCO1.c1n[nH]c2cc3c(cc12)CC1(CCC3)OCCO1. The maximum Gasteiger partial charge on any atom is 0.244 e. The standard InChI is InChI=1S/C16H18N2O3.C14H16N2O2/c1-11(19)18-15-8-12-3-2-4-16(20-5-6-21-16)9-13(12)7-14(15)10-17-18;1-2-10-7-13-12(9-15-16-13)6-11(10)8-14(3-1)17-4-5-18-14/h7-8,10H,2-6,9H2,1H3;6-7,9H,1-5,8H2,(H,15,16). The minimum absolute atomic E-state index is 0.0579. The molecule has 4 heterocycles. The number of rotatable bonds is 0. The third-order valence-electron chi connectivity index (χ3n) is 8.50. The summed E-state index contributed by atoms with van der Waals surface area (Å²) in [5.41, 5.74) is 7.31. The summed E-state index contributed by atoms with van der Waals surface area (Å²) in [7, 11) is 0. The first kappa shape index (κ1) is 24.9. The average molecular weight is 531 g/mol. The number of aromatic nitrogens is 4. The number of nitrogens with one attached hydrogen (secondary N) is 1. The van der Waals surface area contributed by atoms with Crippen molar-refractivity contribution in [2.75, 3.05) is 26.4 Å². The first-order valence-electron chi connectivity index (χ1n) is 14.0. The molecule has 0 amide bonds. The second-order valence-electron chi connectivity index (χ2n) is 11.1. The highest BCUT2D eigenvalue weighted by atomic mass is 16.7. The zero-order valence-corrected chi connectivity index (χ0v) is 22.3. The van der Waals surface area contributed by atoms with Crippen LogP contribution >= 0.6 is 0 Å². The minimum Gasteiger partial charge on any atom is -0.347 e. The number of hydrogen-bond donors (Lipinski definition) is 1. The lowest BCUT2D eigenvalue weighted by Gasteiger charge is -2.25. The summed E-state index contributed by atoms with van der Waals surface area (Å²) in [6, 6.07) is 8.69. The maximum absolute atomic E-state index is 11.6. The number of aromatic amines is 1. The molecule has 2 aromatic carbocycles. The number of hydrogen-bond acceptors (Lipinski definition) is 7. The van der Waals surface area contributed by atoms with Crippen molar-refractivity contribution < 1.29 is 23.7 Å². The van der Waals surface area contributed by atoms with Crippen LogP contribution in [0.2, 0.25) is 0 Å². The Hall–Kier alpha value is -3.11. The van der Waals surface area contributed by atoms with Crippen LogP contribution in [0.15, 0.2) is 36.7 Å². The fourth-order valence-electron chi connectivity index (χ4n) is 6.63. The third-order valence-corrected chi connectivity index (χ3v) is 8.50. The summed E-state index contributed by atoms with van der Waals surface area (Å²) >= 11 is 0. The van der Waals surface area contributed by atoms with Gasteiger partial charge in [0.1, 0.15) is 0 Å². The highest BCUT2D eigenvalue weighted by Gasteiger charge is 2.39. The van der Waals surface area contributed by atoms with Gasteiger partial charge >= 0.3 is 0 Å². The van der Waals surface area contributed by atoms with Crippen molar-refractivity contribution in [1.29, 1.82) is 0 Å². The Morgan fingerprint density at radius 2 is 1.38 bits per heavy atom. The van der Waals surface area contributed by atoms with E-state index in [4.69, 9.17) is 18.9 Å². The fourth-order valence-corrected chi connectivity index (χ4v) is 6.63. The van der Waals surface area contributed by atoms with E-state index in [9.17, 15) is 4.79 Å². The van der Waals surface area contributed by atoms with Crippen molar-refractivity contribution in [1.82, 2.24) is 20.0 Å². The number of fused-ring (bicyclic) bond motifs is 4. The Labute approximate surface area is 226 Å². The highest BCUT2D eigenvalue weighted by Crippen LogP contribution is 2.37. The molecular formula is C30H34N4O5. The van der Waals surface area contributed by atoms with Crippen LogP contribution in [0.5, 0.6) is 0 Å². The largest absolute Gasteiger partial charge is 0.347 e. The van der Waals surface area contributed by atoms with Crippen molar-refractivity contribution in [3.8, 4) is 0 Å². The van der Waals surface area contributed by atoms with Gasteiger partial charge in [0.2, 0.25) is 5.91 Å². The first-order valence-corrected chi connectivity index (χ1v) is 14.0. The number of ether oxygens (including phenoxy) is 4. The molecule has 2 saturated heterocycles. The Morgan fingerprint density at radius 1 is 0.795 bits per heavy atom. The molecule has 0 radical (unpaired) electrons. The Morgan fingerprint density at radius 3 is 2.00 bits per heavy atom. The van der Waals surface area contributed by atoms with E-state index in [1.54, 1.807) is 6.20 Å². The molecule has 39 heavy (non-hydrogen) atoms. The van der Waals surface area contributed by atoms with Gasteiger partial charge in [-0.1, -0.05) is 0 Å². The molecule has 9 heteroatoms. The predicted molar refractivity (Wildman–Crippen MR) is 145 cm³/mol. The highest BCUT2D eigenvalue weighted by molar-refractivity contribution is 5.90. The number of carbonyl (C=O) groups excluding carboxylic acids is 1. The molecule has 2 aliphatic carbocycles. The molecule has 2 aromatic heterocycles. The van der Waals surface area contributed by atoms with E-state index in [1.807, 2.05) is 6.20 Å². The van der Waals surface area contributed by atoms with Crippen molar-refractivity contribution >= 4 is 27.7 Å². The topological polar surface area (TPSA) is 100 Å². The molecule has 2 spiro atoms. The Kier molecular flexibility index (Phi) is 6.27. The normalized spacial score (nSPS) is 21.4. The monoisotopic (exact) mass is 530 g/mol. The molecule has 1 N–H and O–H groups in total. The molecule has 2 aliphatic heterocycles. The number of benzene rings is 2. The van der Waals surface area contributed by atoms with Crippen molar-refractivity contribution in [3.63, 3.8) is 0 Å². The molecule has 8 rings (SSSR count). The molecule has 4 aliphatic rings. The molecule has 204 valence electrons. The van der Waals surface area contributed by atoms with Gasteiger partial charge < -0.3 is 18.9 Å². The summed E-state index contributed by atoms with van der Waals surface area (Å²) in [5, 5.41) is 13.5. The molecular weight excluding hydrogens is 496 g/mol. The molecule has 0 saturated carbocycles. The first-order chi connectivity index (χ1) is 19.0. The predicted octanol–water partition coefficient (Wildman–Crippen LogP) is 4.50. The number of aryl methyl sites for hydroxylation is 2. The summed E-state index contributed by atoms with van der Waals surface area (Å²) in [5.74, 6) is -0.851. The van der Waals surface area contributed by atoms with Crippen LogP contribution in [0.25, 0.3) is 21.8 Å². The second kappa shape index (κ2) is 9.82. The molecule has 0 unspecified atom stereocenters. The third kappa shape index (κ3) is 4.67. The van der Waals surface area contributed by atoms with E-state index in [2.05, 4.69) is 39.6 Å². The van der Waals surface area contributed by atoms with Crippen LogP contribution < -0.4 is 0 Å².